The molecule has 1 aromatic rings. The molecule has 0 saturated carbocycles. The highest BCUT2D eigenvalue weighted by molar-refractivity contribution is 5.14. The van der Waals surface area contributed by atoms with Crippen LogP contribution < -0.4 is 5.32 Å². The van der Waals surface area contributed by atoms with Crippen molar-refractivity contribution in [2.24, 2.45) is 0 Å². The minimum atomic E-state index is -1.02. The van der Waals surface area contributed by atoms with Gasteiger partial charge < -0.3 is 20.4 Å². The molecule has 20 heavy (non-hydrogen) atoms. The molecule has 2 atom stereocenters. The van der Waals surface area contributed by atoms with Gasteiger partial charge in [0.15, 0.2) is 0 Å². The van der Waals surface area contributed by atoms with E-state index in [4.69, 9.17) is 5.11 Å². The fraction of sp³-hybridized carbons (Fsp3) is 0.625. The largest absolute Gasteiger partial charge is 0.393 e. The van der Waals surface area contributed by atoms with Crippen LogP contribution in [0.2, 0.25) is 0 Å². The summed E-state index contributed by atoms with van der Waals surface area (Å²) < 4.78 is 0. The van der Waals surface area contributed by atoms with E-state index in [1.54, 1.807) is 6.92 Å². The number of hydrogen-bond donors (Lipinski definition) is 3. The number of rotatable bonds is 7. The van der Waals surface area contributed by atoms with E-state index in [2.05, 4.69) is 34.5 Å². The summed E-state index contributed by atoms with van der Waals surface area (Å²) in [5, 5.41) is 22.2. The van der Waals surface area contributed by atoms with Crippen LogP contribution in [-0.2, 0) is 6.42 Å². The molecule has 1 aliphatic heterocycles. The SMILES string of the molecule is CC(O)(CO)CNC1CCN(CCc2ccccc2)C1. The highest BCUT2D eigenvalue weighted by Crippen LogP contribution is 2.11. The molecule has 0 aliphatic carbocycles. The highest BCUT2D eigenvalue weighted by atomic mass is 16.3. The lowest BCUT2D eigenvalue weighted by atomic mass is 10.1. The Hall–Kier alpha value is -0.940. The van der Waals surface area contributed by atoms with Crippen LogP contribution >= 0.6 is 0 Å². The third-order valence-corrected chi connectivity index (χ3v) is 3.94. The number of aliphatic hydroxyl groups is 2. The van der Waals surface area contributed by atoms with Crippen LogP contribution in [0.4, 0.5) is 0 Å². The minimum absolute atomic E-state index is 0.204. The van der Waals surface area contributed by atoms with Crippen molar-refractivity contribution in [1.29, 1.82) is 0 Å². The Morgan fingerprint density at radius 1 is 1.35 bits per heavy atom. The Morgan fingerprint density at radius 2 is 2.10 bits per heavy atom. The van der Waals surface area contributed by atoms with E-state index < -0.39 is 5.60 Å². The smallest absolute Gasteiger partial charge is 0.0972 e. The Kier molecular flexibility index (Phi) is 5.54. The van der Waals surface area contributed by atoms with Gasteiger partial charge in [0.05, 0.1) is 12.2 Å². The predicted molar refractivity (Wildman–Crippen MR) is 80.7 cm³/mol. The van der Waals surface area contributed by atoms with Crippen LogP contribution in [0, 0.1) is 0 Å². The number of nitrogens with one attached hydrogen (secondary N) is 1. The lowest BCUT2D eigenvalue weighted by Crippen LogP contribution is -2.45. The quantitative estimate of drug-likeness (QED) is 0.685. The molecule has 0 bridgehead atoms. The molecule has 0 spiro atoms. The van der Waals surface area contributed by atoms with E-state index in [1.807, 2.05) is 6.07 Å². The molecule has 2 unspecified atom stereocenters. The van der Waals surface area contributed by atoms with Crippen LogP contribution in [0.15, 0.2) is 30.3 Å². The maximum atomic E-state index is 9.78. The van der Waals surface area contributed by atoms with E-state index in [0.717, 1.165) is 32.5 Å². The van der Waals surface area contributed by atoms with Crippen molar-refractivity contribution in [3.8, 4) is 0 Å². The van der Waals surface area contributed by atoms with E-state index in [1.165, 1.54) is 5.56 Å². The molecule has 1 aromatic carbocycles. The molecule has 1 fully saturated rings. The van der Waals surface area contributed by atoms with Crippen molar-refractivity contribution in [1.82, 2.24) is 10.2 Å². The minimum Gasteiger partial charge on any atom is -0.393 e. The van der Waals surface area contributed by atoms with Gasteiger partial charge in [-0.1, -0.05) is 30.3 Å². The Morgan fingerprint density at radius 3 is 2.80 bits per heavy atom. The van der Waals surface area contributed by atoms with Crippen molar-refractivity contribution in [2.45, 2.75) is 31.4 Å². The highest BCUT2D eigenvalue weighted by Gasteiger charge is 2.25. The van der Waals surface area contributed by atoms with Crippen molar-refractivity contribution in [3.63, 3.8) is 0 Å². The topological polar surface area (TPSA) is 55.7 Å². The van der Waals surface area contributed by atoms with E-state index in [0.29, 0.717) is 12.6 Å². The van der Waals surface area contributed by atoms with Gasteiger partial charge in [0.1, 0.15) is 0 Å². The molecule has 0 radical (unpaired) electrons. The molecular formula is C16H26N2O2. The summed E-state index contributed by atoms with van der Waals surface area (Å²) in [6.45, 7) is 5.10. The maximum Gasteiger partial charge on any atom is 0.0972 e. The second-order valence-corrected chi connectivity index (χ2v) is 6.06. The van der Waals surface area contributed by atoms with Crippen LogP contribution in [0.3, 0.4) is 0 Å². The zero-order valence-corrected chi connectivity index (χ0v) is 12.3. The third-order valence-electron chi connectivity index (χ3n) is 3.94. The number of benzene rings is 1. The first-order valence-electron chi connectivity index (χ1n) is 7.42. The normalized spacial score (nSPS) is 22.9. The second-order valence-electron chi connectivity index (χ2n) is 6.06. The summed E-state index contributed by atoms with van der Waals surface area (Å²) >= 11 is 0. The predicted octanol–water partition coefficient (Wildman–Crippen LogP) is 0.636. The summed E-state index contributed by atoms with van der Waals surface area (Å²) in [4.78, 5) is 2.46. The first-order valence-corrected chi connectivity index (χ1v) is 7.42. The summed E-state index contributed by atoms with van der Waals surface area (Å²) in [6, 6.07) is 11.0. The zero-order chi connectivity index (χ0) is 14.4. The lowest BCUT2D eigenvalue weighted by Gasteiger charge is -2.23. The van der Waals surface area contributed by atoms with Crippen molar-refractivity contribution >= 4 is 0 Å². The van der Waals surface area contributed by atoms with E-state index in [9.17, 15) is 5.11 Å². The van der Waals surface area contributed by atoms with Gasteiger partial charge in [0.2, 0.25) is 0 Å². The van der Waals surface area contributed by atoms with E-state index in [-0.39, 0.29) is 6.61 Å². The first kappa shape index (κ1) is 15.4. The van der Waals surface area contributed by atoms with Crippen LogP contribution in [0.25, 0.3) is 0 Å². The van der Waals surface area contributed by atoms with Crippen LogP contribution in [-0.4, -0.2) is 59.5 Å². The fourth-order valence-corrected chi connectivity index (χ4v) is 2.55. The molecule has 2 rings (SSSR count). The molecule has 1 heterocycles. The molecule has 1 aliphatic rings. The standard InChI is InChI=1S/C16H26N2O2/c1-16(20,13-19)12-17-15-8-10-18(11-15)9-7-14-5-3-2-4-6-14/h2-6,15,17,19-20H,7-13H2,1H3. The van der Waals surface area contributed by atoms with Gasteiger partial charge in [-0.3, -0.25) is 0 Å². The summed E-state index contributed by atoms with van der Waals surface area (Å²) in [5.41, 5.74) is 0.365. The number of likely N-dealkylation sites (tertiary alicyclic amines) is 1. The van der Waals surface area contributed by atoms with Gasteiger partial charge in [0.25, 0.3) is 0 Å². The molecule has 1 saturated heterocycles. The monoisotopic (exact) mass is 278 g/mol. The number of aliphatic hydroxyl groups excluding tert-OH is 1. The Labute approximate surface area is 121 Å². The fourth-order valence-electron chi connectivity index (χ4n) is 2.55. The van der Waals surface area contributed by atoms with Gasteiger partial charge in [-0.05, 0) is 31.9 Å². The summed E-state index contributed by atoms with van der Waals surface area (Å²) in [5.74, 6) is 0. The molecule has 3 N–H and O–H groups in total. The summed E-state index contributed by atoms with van der Waals surface area (Å²) in [7, 11) is 0. The van der Waals surface area contributed by atoms with Crippen molar-refractivity contribution in [2.75, 3.05) is 32.8 Å². The summed E-state index contributed by atoms with van der Waals surface area (Å²) in [6.07, 6.45) is 2.19. The number of nitrogens with zero attached hydrogens (tertiary/aromatic N) is 1. The molecule has 0 aromatic heterocycles. The van der Waals surface area contributed by atoms with Crippen LogP contribution in [0.5, 0.6) is 0 Å². The lowest BCUT2D eigenvalue weighted by molar-refractivity contribution is 0.000947. The maximum absolute atomic E-state index is 9.78. The van der Waals surface area contributed by atoms with Gasteiger partial charge in [-0.2, -0.15) is 0 Å². The molecule has 4 nitrogen and oxygen atoms in total. The van der Waals surface area contributed by atoms with E-state index >= 15 is 0 Å². The third kappa shape index (κ3) is 4.87. The average molecular weight is 278 g/mol. The number of hydrogen-bond acceptors (Lipinski definition) is 4. The van der Waals surface area contributed by atoms with Gasteiger partial charge in [-0.25, -0.2) is 0 Å². The van der Waals surface area contributed by atoms with Gasteiger partial charge in [0, 0.05) is 25.7 Å². The van der Waals surface area contributed by atoms with Crippen molar-refractivity contribution in [3.05, 3.63) is 35.9 Å². The van der Waals surface area contributed by atoms with Gasteiger partial charge in [-0.15, -0.1) is 0 Å². The Balaban J connectivity index is 1.68. The zero-order valence-electron chi connectivity index (χ0n) is 12.3. The molecule has 4 heteroatoms. The molecule has 0 amide bonds. The van der Waals surface area contributed by atoms with Gasteiger partial charge >= 0.3 is 0 Å². The molecule has 112 valence electrons. The second kappa shape index (κ2) is 7.18. The Bertz CT molecular complexity index is 395. The average Bonchev–Trinajstić information content (AvgIpc) is 2.92. The van der Waals surface area contributed by atoms with Crippen LogP contribution in [0.1, 0.15) is 18.9 Å². The molecular weight excluding hydrogens is 252 g/mol. The van der Waals surface area contributed by atoms with Crippen molar-refractivity contribution < 1.29 is 10.2 Å². The first-order chi connectivity index (χ1) is 9.59.